The number of hydrogen-bond donors (Lipinski definition) is 2. The van der Waals surface area contributed by atoms with Gasteiger partial charge >= 0.3 is 6.09 Å². The van der Waals surface area contributed by atoms with Gasteiger partial charge in [0, 0.05) is 11.8 Å². The van der Waals surface area contributed by atoms with E-state index >= 15 is 0 Å². The molecule has 0 heterocycles. The first-order chi connectivity index (χ1) is 12.2. The van der Waals surface area contributed by atoms with Crippen LogP contribution >= 0.6 is 0 Å². The quantitative estimate of drug-likeness (QED) is 0.858. The molecule has 0 saturated carbocycles. The second-order valence-electron chi connectivity index (χ2n) is 6.61. The first-order valence-corrected chi connectivity index (χ1v) is 7.96. The van der Waals surface area contributed by atoms with E-state index in [0.717, 1.165) is 12.1 Å². The molecule has 1 atom stereocenters. The summed E-state index contributed by atoms with van der Waals surface area (Å²) in [7, 11) is 0. The maximum atomic E-state index is 13.3. The van der Waals surface area contributed by atoms with E-state index in [9.17, 15) is 18.4 Å². The van der Waals surface area contributed by atoms with Gasteiger partial charge in [0.05, 0.1) is 0 Å². The normalized spacial score (nSPS) is 12.2. The molecule has 0 aromatic heterocycles. The maximum Gasteiger partial charge on any atom is 0.408 e. The lowest BCUT2D eigenvalue weighted by Crippen LogP contribution is -2.40. The zero-order valence-electron chi connectivity index (χ0n) is 14.7. The molecule has 2 rings (SSSR count). The molecular formula is C19H20F2N2O3. The van der Waals surface area contributed by atoms with Gasteiger partial charge in [-0.3, -0.25) is 4.79 Å². The Labute approximate surface area is 150 Å². The third-order valence-electron chi connectivity index (χ3n) is 3.24. The van der Waals surface area contributed by atoms with Gasteiger partial charge in [-0.05, 0) is 38.5 Å². The summed E-state index contributed by atoms with van der Waals surface area (Å²) >= 11 is 0. The third kappa shape index (κ3) is 5.54. The number of halogens is 2. The summed E-state index contributed by atoms with van der Waals surface area (Å²) in [6.07, 6.45) is -0.771. The van der Waals surface area contributed by atoms with Crippen LogP contribution in [0.5, 0.6) is 0 Å². The minimum Gasteiger partial charge on any atom is -0.444 e. The first-order valence-electron chi connectivity index (χ1n) is 7.96. The van der Waals surface area contributed by atoms with E-state index in [1.165, 1.54) is 6.07 Å². The number of anilines is 1. The van der Waals surface area contributed by atoms with Crippen LogP contribution in [0.3, 0.4) is 0 Å². The number of alkyl carbamates (subject to hydrolysis) is 1. The highest BCUT2D eigenvalue weighted by atomic mass is 19.2. The maximum absolute atomic E-state index is 13.3. The van der Waals surface area contributed by atoms with Gasteiger partial charge in [0.25, 0.3) is 5.91 Å². The number of hydrogen-bond acceptors (Lipinski definition) is 3. The zero-order chi connectivity index (χ0) is 19.3. The molecule has 5 nitrogen and oxygen atoms in total. The molecule has 0 fully saturated rings. The Hall–Kier alpha value is -2.96. The van der Waals surface area contributed by atoms with E-state index in [2.05, 4.69) is 10.6 Å². The Kier molecular flexibility index (Phi) is 5.92. The van der Waals surface area contributed by atoms with Crippen molar-refractivity contribution in [3.63, 3.8) is 0 Å². The van der Waals surface area contributed by atoms with Gasteiger partial charge in [0.1, 0.15) is 11.6 Å². The van der Waals surface area contributed by atoms with Gasteiger partial charge < -0.3 is 15.4 Å². The lowest BCUT2D eigenvalue weighted by Gasteiger charge is -2.23. The van der Waals surface area contributed by atoms with Crippen molar-refractivity contribution in [1.82, 2.24) is 5.32 Å². The standard InChI is InChI=1S/C19H20F2N2O3/c1-19(2,3)26-18(25)23-16(12-7-5-4-6-8-12)17(24)22-13-9-10-14(20)15(21)11-13/h4-11,16H,1-3H3,(H,22,24)(H,23,25). The molecule has 2 amide bonds. The van der Waals surface area contributed by atoms with E-state index in [4.69, 9.17) is 4.74 Å². The van der Waals surface area contributed by atoms with Crippen LogP contribution in [0.15, 0.2) is 48.5 Å². The topological polar surface area (TPSA) is 67.4 Å². The highest BCUT2D eigenvalue weighted by molar-refractivity contribution is 5.97. The fourth-order valence-corrected chi connectivity index (χ4v) is 2.16. The molecule has 0 aliphatic carbocycles. The van der Waals surface area contributed by atoms with E-state index < -0.39 is 35.3 Å². The summed E-state index contributed by atoms with van der Waals surface area (Å²) < 4.78 is 31.5. The summed E-state index contributed by atoms with van der Waals surface area (Å²) in [4.78, 5) is 24.7. The zero-order valence-corrected chi connectivity index (χ0v) is 14.7. The highest BCUT2D eigenvalue weighted by Gasteiger charge is 2.26. The molecule has 0 aliphatic heterocycles. The van der Waals surface area contributed by atoms with Crippen LogP contribution in [-0.4, -0.2) is 17.6 Å². The average Bonchev–Trinajstić information content (AvgIpc) is 2.55. The SMILES string of the molecule is CC(C)(C)OC(=O)NC(C(=O)Nc1ccc(F)c(F)c1)c1ccccc1. The first kappa shape index (κ1) is 19.4. The Balaban J connectivity index is 2.21. The van der Waals surface area contributed by atoms with E-state index in [0.29, 0.717) is 5.56 Å². The van der Waals surface area contributed by atoms with Crippen molar-refractivity contribution in [3.8, 4) is 0 Å². The predicted molar refractivity (Wildman–Crippen MR) is 93.5 cm³/mol. The highest BCUT2D eigenvalue weighted by Crippen LogP contribution is 2.19. The second-order valence-corrected chi connectivity index (χ2v) is 6.61. The van der Waals surface area contributed by atoms with Gasteiger partial charge in [0.15, 0.2) is 11.6 Å². The lowest BCUT2D eigenvalue weighted by molar-refractivity contribution is -0.118. The van der Waals surface area contributed by atoms with Crippen LogP contribution < -0.4 is 10.6 Å². The predicted octanol–water partition coefficient (Wildman–Crippen LogP) is 4.17. The lowest BCUT2D eigenvalue weighted by atomic mass is 10.1. The average molecular weight is 362 g/mol. The van der Waals surface area contributed by atoms with E-state index in [-0.39, 0.29) is 5.69 Å². The molecule has 2 N–H and O–H groups in total. The molecule has 0 radical (unpaired) electrons. The molecule has 7 heteroatoms. The number of nitrogens with one attached hydrogen (secondary N) is 2. The number of carbonyl (C=O) groups is 2. The minimum absolute atomic E-state index is 0.0702. The summed E-state index contributed by atoms with van der Waals surface area (Å²) in [5.74, 6) is -2.72. The number of rotatable bonds is 4. The fourth-order valence-electron chi connectivity index (χ4n) is 2.16. The summed E-state index contributed by atoms with van der Waals surface area (Å²) in [5, 5.41) is 4.96. The summed E-state index contributed by atoms with van der Waals surface area (Å²) in [6, 6.07) is 10.4. The van der Waals surface area contributed by atoms with Gasteiger partial charge in [0.2, 0.25) is 0 Å². The molecule has 1 unspecified atom stereocenters. The van der Waals surface area contributed by atoms with Gasteiger partial charge in [-0.25, -0.2) is 13.6 Å². The molecule has 26 heavy (non-hydrogen) atoms. The number of ether oxygens (including phenoxy) is 1. The minimum atomic E-state index is -1.08. The van der Waals surface area contributed by atoms with Crippen molar-refractivity contribution < 1.29 is 23.1 Å². The smallest absolute Gasteiger partial charge is 0.408 e. The van der Waals surface area contributed by atoms with Crippen molar-refractivity contribution in [2.24, 2.45) is 0 Å². The molecule has 0 saturated heterocycles. The van der Waals surface area contributed by atoms with Crippen molar-refractivity contribution >= 4 is 17.7 Å². The molecule has 2 aromatic carbocycles. The Bertz CT molecular complexity index is 789. The Morgan fingerprint density at radius 3 is 2.23 bits per heavy atom. The van der Waals surface area contributed by atoms with Gasteiger partial charge in [-0.15, -0.1) is 0 Å². The molecule has 0 bridgehead atoms. The molecule has 0 spiro atoms. The van der Waals surface area contributed by atoms with Gasteiger partial charge in [-0.2, -0.15) is 0 Å². The van der Waals surface area contributed by atoms with Crippen LogP contribution in [0, 0.1) is 11.6 Å². The van der Waals surface area contributed by atoms with Crippen molar-refractivity contribution in [3.05, 3.63) is 65.7 Å². The van der Waals surface area contributed by atoms with Crippen molar-refractivity contribution in [1.29, 1.82) is 0 Å². The van der Waals surface area contributed by atoms with E-state index in [1.54, 1.807) is 51.1 Å². The largest absolute Gasteiger partial charge is 0.444 e. The Morgan fingerprint density at radius 2 is 1.65 bits per heavy atom. The van der Waals surface area contributed by atoms with Crippen LogP contribution in [0.1, 0.15) is 32.4 Å². The van der Waals surface area contributed by atoms with Gasteiger partial charge in [-0.1, -0.05) is 30.3 Å². The summed E-state index contributed by atoms with van der Waals surface area (Å²) in [5.41, 5.74) is -0.152. The second kappa shape index (κ2) is 7.95. The van der Waals surface area contributed by atoms with Crippen LogP contribution in [-0.2, 0) is 9.53 Å². The number of carbonyl (C=O) groups excluding carboxylic acids is 2. The molecule has 0 aliphatic rings. The summed E-state index contributed by atoms with van der Waals surface area (Å²) in [6.45, 7) is 5.10. The fraction of sp³-hybridized carbons (Fsp3) is 0.263. The van der Waals surface area contributed by atoms with Crippen molar-refractivity contribution in [2.45, 2.75) is 32.4 Å². The Morgan fingerprint density at radius 1 is 1.00 bits per heavy atom. The van der Waals surface area contributed by atoms with Crippen molar-refractivity contribution in [2.75, 3.05) is 5.32 Å². The third-order valence-corrected chi connectivity index (χ3v) is 3.24. The molecule has 138 valence electrons. The van der Waals surface area contributed by atoms with Crippen LogP contribution in [0.2, 0.25) is 0 Å². The van der Waals surface area contributed by atoms with Crippen LogP contribution in [0.25, 0.3) is 0 Å². The number of benzene rings is 2. The number of amides is 2. The molecular weight excluding hydrogens is 342 g/mol. The molecule has 2 aromatic rings. The monoisotopic (exact) mass is 362 g/mol. The van der Waals surface area contributed by atoms with E-state index in [1.807, 2.05) is 0 Å². The van der Waals surface area contributed by atoms with Crippen LogP contribution in [0.4, 0.5) is 19.3 Å².